The highest BCUT2D eigenvalue weighted by Gasteiger charge is 2.54. The molecule has 3 aromatic rings. The number of anilines is 3. The molecule has 1 saturated heterocycles. The van der Waals surface area contributed by atoms with Crippen LogP contribution >= 0.6 is 0 Å². The molecule has 1 aliphatic carbocycles. The Morgan fingerprint density at radius 2 is 1.71 bits per heavy atom. The first kappa shape index (κ1) is 16.9. The Morgan fingerprint density at radius 1 is 0.929 bits per heavy atom. The number of fused-ring (bicyclic) bond motifs is 1. The van der Waals surface area contributed by atoms with Crippen molar-refractivity contribution in [3.8, 4) is 11.4 Å². The van der Waals surface area contributed by atoms with E-state index in [4.69, 9.17) is 4.74 Å². The topological polar surface area (TPSA) is 84.9 Å². The van der Waals surface area contributed by atoms with Crippen molar-refractivity contribution in [2.45, 2.75) is 6.04 Å². The molecule has 2 N–H and O–H groups in total. The van der Waals surface area contributed by atoms with Crippen molar-refractivity contribution in [1.82, 2.24) is 19.9 Å². The van der Waals surface area contributed by atoms with Gasteiger partial charge in [-0.05, 0) is 24.3 Å². The third-order valence-electron chi connectivity index (χ3n) is 4.98. The molecule has 7 nitrogen and oxygen atoms in total. The predicted octanol–water partition coefficient (Wildman–Crippen LogP) is 3.01. The van der Waals surface area contributed by atoms with Gasteiger partial charge in [-0.2, -0.15) is 19.3 Å². The molecule has 28 heavy (non-hydrogen) atoms. The van der Waals surface area contributed by atoms with E-state index in [9.17, 15) is 8.78 Å². The number of pyridine rings is 1. The number of nitrogens with zero attached hydrogens (tertiary/aromatic N) is 4. The largest absolute Gasteiger partial charge is 0.381 e. The van der Waals surface area contributed by atoms with Crippen LogP contribution in [-0.4, -0.2) is 39.2 Å². The molecule has 0 bridgehead atoms. The van der Waals surface area contributed by atoms with Gasteiger partial charge < -0.3 is 15.4 Å². The Hall–Kier alpha value is -3.20. The lowest BCUT2D eigenvalue weighted by Gasteiger charge is -2.12. The van der Waals surface area contributed by atoms with Crippen LogP contribution in [0.15, 0.2) is 42.6 Å². The molecule has 0 amide bonds. The van der Waals surface area contributed by atoms with Crippen LogP contribution in [0.2, 0.25) is 0 Å². The van der Waals surface area contributed by atoms with Crippen LogP contribution in [0, 0.1) is 23.6 Å². The third-order valence-corrected chi connectivity index (χ3v) is 4.98. The fraction of sp³-hybridized carbons (Fsp3) is 0.263. The average molecular weight is 382 g/mol. The van der Waals surface area contributed by atoms with Crippen molar-refractivity contribution in [1.29, 1.82) is 0 Å². The zero-order valence-electron chi connectivity index (χ0n) is 14.6. The lowest BCUT2D eigenvalue weighted by Crippen LogP contribution is -2.16. The molecule has 1 aliphatic heterocycles. The summed E-state index contributed by atoms with van der Waals surface area (Å²) in [5.41, 5.74) is 0.780. The Bertz CT molecular complexity index is 1010. The van der Waals surface area contributed by atoms with Gasteiger partial charge >= 0.3 is 0 Å². The summed E-state index contributed by atoms with van der Waals surface area (Å²) < 4.78 is 32.7. The second-order valence-electron chi connectivity index (χ2n) is 6.82. The Kier molecular flexibility index (Phi) is 4.09. The average Bonchev–Trinajstić information content (AvgIpc) is 3.11. The van der Waals surface area contributed by atoms with Crippen molar-refractivity contribution in [2.75, 3.05) is 23.8 Å². The van der Waals surface area contributed by atoms with Crippen LogP contribution in [0.3, 0.4) is 0 Å². The molecular weight excluding hydrogens is 366 g/mol. The van der Waals surface area contributed by atoms with Gasteiger partial charge in [0.1, 0.15) is 5.82 Å². The molecule has 5 rings (SSSR count). The van der Waals surface area contributed by atoms with Crippen LogP contribution in [0.1, 0.15) is 0 Å². The second-order valence-corrected chi connectivity index (χ2v) is 6.82. The summed E-state index contributed by atoms with van der Waals surface area (Å²) in [5.74, 6) is 0.660. The number of hydrogen-bond donors (Lipinski definition) is 2. The van der Waals surface area contributed by atoms with E-state index in [1.165, 1.54) is 24.4 Å². The smallest absolute Gasteiger partial charge is 0.232 e. The van der Waals surface area contributed by atoms with E-state index < -0.39 is 11.8 Å². The number of nitrogens with one attached hydrogen (secondary N) is 2. The summed E-state index contributed by atoms with van der Waals surface area (Å²) >= 11 is 0. The van der Waals surface area contributed by atoms with Crippen LogP contribution in [-0.2, 0) is 4.74 Å². The molecule has 9 heteroatoms. The zero-order valence-corrected chi connectivity index (χ0v) is 14.6. The van der Waals surface area contributed by atoms with E-state index in [0.717, 1.165) is 13.2 Å². The quantitative estimate of drug-likeness (QED) is 0.656. The lowest BCUT2D eigenvalue weighted by atomic mass is 10.2. The zero-order chi connectivity index (χ0) is 19.1. The molecule has 3 heterocycles. The molecule has 1 aromatic carbocycles. The monoisotopic (exact) mass is 382 g/mol. The van der Waals surface area contributed by atoms with Gasteiger partial charge in [0.25, 0.3) is 0 Å². The van der Waals surface area contributed by atoms with E-state index in [2.05, 4.69) is 30.6 Å². The van der Waals surface area contributed by atoms with Crippen molar-refractivity contribution in [3.05, 3.63) is 54.4 Å². The third kappa shape index (κ3) is 3.24. The minimum Gasteiger partial charge on any atom is -0.381 e. The van der Waals surface area contributed by atoms with Gasteiger partial charge in [0.15, 0.2) is 5.82 Å². The molecule has 0 spiro atoms. The second kappa shape index (κ2) is 6.75. The van der Waals surface area contributed by atoms with Crippen molar-refractivity contribution < 1.29 is 13.5 Å². The first-order valence-electron chi connectivity index (χ1n) is 8.91. The molecule has 0 radical (unpaired) electrons. The maximum absolute atomic E-state index is 14.3. The lowest BCUT2D eigenvalue weighted by molar-refractivity contribution is 0.162. The summed E-state index contributed by atoms with van der Waals surface area (Å²) in [7, 11) is 0. The van der Waals surface area contributed by atoms with Gasteiger partial charge in [-0.1, -0.05) is 12.1 Å². The number of halogens is 2. The van der Waals surface area contributed by atoms with Crippen LogP contribution in [0.25, 0.3) is 11.4 Å². The number of ether oxygens (including phenoxy) is 1. The number of hydrogen-bond acceptors (Lipinski definition) is 7. The molecular formula is C19H16F2N6O. The maximum atomic E-state index is 14.3. The van der Waals surface area contributed by atoms with Crippen molar-refractivity contribution >= 4 is 17.6 Å². The fourth-order valence-corrected chi connectivity index (χ4v) is 3.44. The van der Waals surface area contributed by atoms with Gasteiger partial charge in [0, 0.05) is 17.9 Å². The van der Waals surface area contributed by atoms with E-state index in [1.54, 1.807) is 18.2 Å². The highest BCUT2D eigenvalue weighted by molar-refractivity contribution is 5.61. The van der Waals surface area contributed by atoms with Crippen LogP contribution in [0.4, 0.5) is 26.4 Å². The SMILES string of the molecule is Fc1ccc(Nc2nc(NC3C4COC[C@@H]43)nc(-c3ccccc3F)n2)cn1. The Balaban J connectivity index is 1.48. The molecule has 1 saturated carbocycles. The highest BCUT2D eigenvalue weighted by atomic mass is 19.1. The van der Waals surface area contributed by atoms with Crippen LogP contribution < -0.4 is 10.6 Å². The maximum Gasteiger partial charge on any atom is 0.232 e. The van der Waals surface area contributed by atoms with Crippen molar-refractivity contribution in [3.63, 3.8) is 0 Å². The minimum absolute atomic E-state index is 0.204. The normalized spacial score (nSPS) is 22.6. The minimum atomic E-state index is -0.585. The fourth-order valence-electron chi connectivity index (χ4n) is 3.44. The van der Waals surface area contributed by atoms with Gasteiger partial charge in [0.05, 0.1) is 30.7 Å². The molecule has 3 atom stereocenters. The van der Waals surface area contributed by atoms with E-state index in [1.807, 2.05) is 0 Å². The molecule has 2 aromatic heterocycles. The number of benzene rings is 1. The standard InChI is InChI=1S/C19H16F2N6O/c20-14-4-2-1-3-11(14)17-25-18(23-10-5-6-15(21)22-7-10)27-19(26-17)24-16-12-8-28-9-13(12)16/h1-7,12-13,16H,8-9H2,(H2,23,24,25,26,27)/t12-,13?,16?/m0/s1. The van der Waals surface area contributed by atoms with Gasteiger partial charge in [-0.25, -0.2) is 9.37 Å². The Morgan fingerprint density at radius 3 is 2.46 bits per heavy atom. The molecule has 142 valence electrons. The van der Waals surface area contributed by atoms with Gasteiger partial charge in [-0.15, -0.1) is 0 Å². The van der Waals surface area contributed by atoms with E-state index in [0.29, 0.717) is 23.5 Å². The summed E-state index contributed by atoms with van der Waals surface area (Å²) in [6.45, 7) is 1.44. The molecule has 2 unspecified atom stereocenters. The predicted molar refractivity (Wildman–Crippen MR) is 97.9 cm³/mol. The van der Waals surface area contributed by atoms with Crippen LogP contribution in [0.5, 0.6) is 0 Å². The molecule has 2 fully saturated rings. The first-order valence-corrected chi connectivity index (χ1v) is 8.91. The van der Waals surface area contributed by atoms with E-state index >= 15 is 0 Å². The van der Waals surface area contributed by atoms with Gasteiger partial charge in [0.2, 0.25) is 17.8 Å². The highest BCUT2D eigenvalue weighted by Crippen LogP contribution is 2.45. The van der Waals surface area contributed by atoms with E-state index in [-0.39, 0.29) is 23.4 Å². The summed E-state index contributed by atoms with van der Waals surface area (Å²) in [5, 5.41) is 6.27. The van der Waals surface area contributed by atoms with Crippen molar-refractivity contribution in [2.24, 2.45) is 11.8 Å². The summed E-state index contributed by atoms with van der Waals surface area (Å²) in [6.07, 6.45) is 1.33. The molecule has 2 aliphatic rings. The Labute approximate surface area is 159 Å². The number of aromatic nitrogens is 4. The first-order chi connectivity index (χ1) is 13.7. The summed E-state index contributed by atoms with van der Waals surface area (Å²) in [4.78, 5) is 16.7. The van der Waals surface area contributed by atoms with Gasteiger partial charge in [-0.3, -0.25) is 0 Å². The number of rotatable bonds is 5. The summed E-state index contributed by atoms with van der Waals surface area (Å²) in [6, 6.07) is 9.27.